The summed E-state index contributed by atoms with van der Waals surface area (Å²) < 4.78 is 15.9. The molecule has 7 nitrogen and oxygen atoms in total. The van der Waals surface area contributed by atoms with Crippen LogP contribution in [0.4, 0.5) is 10.5 Å². The van der Waals surface area contributed by atoms with Gasteiger partial charge in [-0.3, -0.25) is 9.69 Å². The van der Waals surface area contributed by atoms with Crippen molar-refractivity contribution in [1.29, 1.82) is 0 Å². The van der Waals surface area contributed by atoms with E-state index in [2.05, 4.69) is 5.32 Å². The van der Waals surface area contributed by atoms with E-state index in [0.717, 1.165) is 25.7 Å². The molecule has 0 bridgehead atoms. The Balaban J connectivity index is 1.59. The summed E-state index contributed by atoms with van der Waals surface area (Å²) in [6.45, 7) is 0.726. The fourth-order valence-electron chi connectivity index (χ4n) is 3.38. The molecule has 2 amide bonds. The summed E-state index contributed by atoms with van der Waals surface area (Å²) in [5.74, 6) is 1.32. The van der Waals surface area contributed by atoms with E-state index in [1.807, 2.05) is 0 Å². The topological polar surface area (TPSA) is 77.1 Å². The van der Waals surface area contributed by atoms with Crippen molar-refractivity contribution >= 4 is 17.7 Å². The van der Waals surface area contributed by atoms with Crippen molar-refractivity contribution in [3.63, 3.8) is 0 Å². The summed E-state index contributed by atoms with van der Waals surface area (Å²) in [6, 6.07) is 5.26. The Morgan fingerprint density at radius 3 is 2.64 bits per heavy atom. The van der Waals surface area contributed by atoms with Crippen LogP contribution in [0.1, 0.15) is 25.7 Å². The van der Waals surface area contributed by atoms with Crippen molar-refractivity contribution in [3.8, 4) is 11.5 Å². The van der Waals surface area contributed by atoms with Gasteiger partial charge in [0.05, 0.1) is 33.0 Å². The maximum absolute atomic E-state index is 12.2. The third kappa shape index (κ3) is 3.81. The monoisotopic (exact) mass is 348 g/mol. The van der Waals surface area contributed by atoms with Crippen LogP contribution >= 0.6 is 0 Å². The maximum atomic E-state index is 12.2. The van der Waals surface area contributed by atoms with Crippen LogP contribution in [-0.4, -0.2) is 45.4 Å². The van der Waals surface area contributed by atoms with Crippen LogP contribution in [-0.2, 0) is 9.53 Å². The molecular formula is C18H24N2O5. The van der Waals surface area contributed by atoms with E-state index >= 15 is 0 Å². The lowest BCUT2D eigenvalue weighted by Crippen LogP contribution is -2.37. The standard InChI is InChI=1S/C18H24N2O5/c1-23-15-8-7-13(9-16(15)24-2)20-11-14(25-18(20)22)10-19-17(21)12-5-3-4-6-12/h7-9,12,14H,3-6,10-11H2,1-2H3,(H,19,21). The van der Waals surface area contributed by atoms with Crippen molar-refractivity contribution in [2.24, 2.45) is 5.92 Å². The minimum Gasteiger partial charge on any atom is -0.493 e. The Bertz CT molecular complexity index is 642. The van der Waals surface area contributed by atoms with Gasteiger partial charge in [-0.1, -0.05) is 12.8 Å². The summed E-state index contributed by atoms with van der Waals surface area (Å²) in [7, 11) is 3.11. The van der Waals surface area contributed by atoms with Crippen molar-refractivity contribution in [2.45, 2.75) is 31.8 Å². The average Bonchev–Trinajstić information content (AvgIpc) is 3.29. The van der Waals surface area contributed by atoms with Crippen molar-refractivity contribution in [2.75, 3.05) is 32.2 Å². The number of hydrogen-bond donors (Lipinski definition) is 1. The molecule has 0 radical (unpaired) electrons. The largest absolute Gasteiger partial charge is 0.493 e. The number of carbonyl (C=O) groups excluding carboxylic acids is 2. The lowest BCUT2D eigenvalue weighted by molar-refractivity contribution is -0.125. The van der Waals surface area contributed by atoms with E-state index in [-0.39, 0.29) is 17.9 Å². The van der Waals surface area contributed by atoms with Gasteiger partial charge in [0.1, 0.15) is 6.10 Å². The van der Waals surface area contributed by atoms with Gasteiger partial charge in [-0.05, 0) is 25.0 Å². The molecule has 1 heterocycles. The third-order valence-corrected chi connectivity index (χ3v) is 4.78. The lowest BCUT2D eigenvalue weighted by Gasteiger charge is -2.16. The zero-order valence-electron chi connectivity index (χ0n) is 14.6. The van der Waals surface area contributed by atoms with Crippen LogP contribution in [0.2, 0.25) is 0 Å². The van der Waals surface area contributed by atoms with Crippen LogP contribution < -0.4 is 19.7 Å². The quantitative estimate of drug-likeness (QED) is 0.854. The van der Waals surface area contributed by atoms with Gasteiger partial charge in [0.25, 0.3) is 0 Å². The SMILES string of the molecule is COc1ccc(N2CC(CNC(=O)C3CCCC3)OC2=O)cc1OC. The van der Waals surface area contributed by atoms with E-state index in [0.29, 0.717) is 30.3 Å². The van der Waals surface area contributed by atoms with Gasteiger partial charge in [0, 0.05) is 12.0 Å². The molecule has 1 aromatic carbocycles. The molecular weight excluding hydrogens is 324 g/mol. The summed E-state index contributed by atoms with van der Waals surface area (Å²) in [6.07, 6.45) is 3.35. The number of methoxy groups -OCH3 is 2. The van der Waals surface area contributed by atoms with Crippen LogP contribution in [0, 0.1) is 5.92 Å². The minimum atomic E-state index is -0.424. The smallest absolute Gasteiger partial charge is 0.414 e. The van der Waals surface area contributed by atoms with E-state index in [4.69, 9.17) is 14.2 Å². The number of ether oxygens (including phenoxy) is 3. The molecule has 3 rings (SSSR count). The number of nitrogens with one attached hydrogen (secondary N) is 1. The van der Waals surface area contributed by atoms with E-state index in [9.17, 15) is 9.59 Å². The van der Waals surface area contributed by atoms with Crippen molar-refractivity contribution in [3.05, 3.63) is 18.2 Å². The highest BCUT2D eigenvalue weighted by Gasteiger charge is 2.33. The number of hydrogen-bond acceptors (Lipinski definition) is 5. The summed E-state index contributed by atoms with van der Waals surface area (Å²) in [5, 5.41) is 2.91. The Hall–Kier alpha value is -2.44. The normalized spacial score (nSPS) is 20.5. The molecule has 1 aliphatic heterocycles. The minimum absolute atomic E-state index is 0.0677. The average molecular weight is 348 g/mol. The molecule has 1 unspecified atom stereocenters. The van der Waals surface area contributed by atoms with Crippen LogP contribution in [0.15, 0.2) is 18.2 Å². The number of amides is 2. The Morgan fingerprint density at radius 2 is 1.96 bits per heavy atom. The Morgan fingerprint density at radius 1 is 1.24 bits per heavy atom. The van der Waals surface area contributed by atoms with Gasteiger partial charge in [-0.25, -0.2) is 4.79 Å². The molecule has 25 heavy (non-hydrogen) atoms. The fourth-order valence-corrected chi connectivity index (χ4v) is 3.38. The molecule has 7 heteroatoms. The lowest BCUT2D eigenvalue weighted by atomic mass is 10.1. The molecule has 1 aromatic rings. The predicted octanol–water partition coefficient (Wildman–Crippen LogP) is 2.34. The highest BCUT2D eigenvalue weighted by molar-refractivity contribution is 5.90. The van der Waals surface area contributed by atoms with Crippen LogP contribution in [0.5, 0.6) is 11.5 Å². The first kappa shape index (κ1) is 17.4. The third-order valence-electron chi connectivity index (χ3n) is 4.78. The second kappa shape index (κ2) is 7.63. The number of anilines is 1. The van der Waals surface area contributed by atoms with E-state index in [1.165, 1.54) is 4.90 Å². The molecule has 2 aliphatic rings. The Kier molecular flexibility index (Phi) is 5.31. The molecule has 1 atom stereocenters. The first-order valence-corrected chi connectivity index (χ1v) is 8.60. The van der Waals surface area contributed by atoms with Gasteiger partial charge >= 0.3 is 6.09 Å². The molecule has 1 aliphatic carbocycles. The van der Waals surface area contributed by atoms with Crippen molar-refractivity contribution < 1.29 is 23.8 Å². The highest BCUT2D eigenvalue weighted by atomic mass is 16.6. The number of benzene rings is 1. The summed E-state index contributed by atoms with van der Waals surface area (Å²) >= 11 is 0. The van der Waals surface area contributed by atoms with E-state index in [1.54, 1.807) is 32.4 Å². The highest BCUT2D eigenvalue weighted by Crippen LogP contribution is 2.33. The van der Waals surface area contributed by atoms with Gasteiger partial charge in [-0.15, -0.1) is 0 Å². The number of cyclic esters (lactones) is 1. The zero-order chi connectivity index (χ0) is 17.8. The number of carbonyl (C=O) groups is 2. The predicted molar refractivity (Wildman–Crippen MR) is 92.1 cm³/mol. The Labute approximate surface area is 147 Å². The molecule has 2 fully saturated rings. The van der Waals surface area contributed by atoms with E-state index < -0.39 is 6.09 Å². The second-order valence-electron chi connectivity index (χ2n) is 6.38. The second-order valence-corrected chi connectivity index (χ2v) is 6.38. The first-order valence-electron chi connectivity index (χ1n) is 8.60. The first-order chi connectivity index (χ1) is 12.1. The van der Waals surface area contributed by atoms with Crippen LogP contribution in [0.25, 0.3) is 0 Å². The zero-order valence-corrected chi connectivity index (χ0v) is 14.6. The van der Waals surface area contributed by atoms with Crippen molar-refractivity contribution in [1.82, 2.24) is 5.32 Å². The van der Waals surface area contributed by atoms with Gasteiger partial charge < -0.3 is 19.5 Å². The summed E-state index contributed by atoms with van der Waals surface area (Å²) in [5.41, 5.74) is 0.673. The molecule has 0 aromatic heterocycles. The molecule has 1 saturated carbocycles. The molecule has 136 valence electrons. The number of nitrogens with zero attached hydrogens (tertiary/aromatic N) is 1. The van der Waals surface area contributed by atoms with Gasteiger partial charge in [0.15, 0.2) is 11.5 Å². The number of rotatable bonds is 6. The van der Waals surface area contributed by atoms with Gasteiger partial charge in [0.2, 0.25) is 5.91 Å². The van der Waals surface area contributed by atoms with Gasteiger partial charge in [-0.2, -0.15) is 0 Å². The van der Waals surface area contributed by atoms with Crippen LogP contribution in [0.3, 0.4) is 0 Å². The molecule has 1 saturated heterocycles. The fraction of sp³-hybridized carbons (Fsp3) is 0.556. The molecule has 1 N–H and O–H groups in total. The summed E-state index contributed by atoms with van der Waals surface area (Å²) in [4.78, 5) is 25.8. The maximum Gasteiger partial charge on any atom is 0.414 e. The molecule has 0 spiro atoms.